The van der Waals surface area contributed by atoms with Crippen LogP contribution >= 0.6 is 0 Å². The zero-order chi connectivity index (χ0) is 20.1. The number of carbonyl (C=O) groups excluding carboxylic acids is 2. The van der Waals surface area contributed by atoms with Crippen LogP contribution in [0.2, 0.25) is 0 Å². The van der Waals surface area contributed by atoms with E-state index in [1.165, 1.54) is 0 Å². The molecular formula is C21H35N3O2. The van der Waals surface area contributed by atoms with Gasteiger partial charge in [-0.25, -0.2) is 0 Å². The van der Waals surface area contributed by atoms with Crippen LogP contribution in [-0.4, -0.2) is 43.9 Å². The molecule has 0 radical (unpaired) electrons. The largest absolute Gasteiger partial charge is 0.354 e. The lowest BCUT2D eigenvalue weighted by Gasteiger charge is -2.26. The molecule has 2 N–H and O–H groups in total. The predicted octanol–water partition coefficient (Wildman–Crippen LogP) is 3.58. The monoisotopic (exact) mass is 361 g/mol. The molecule has 0 saturated carbocycles. The molecule has 0 atom stereocenters. The van der Waals surface area contributed by atoms with Gasteiger partial charge in [0.05, 0.1) is 0 Å². The summed E-state index contributed by atoms with van der Waals surface area (Å²) in [5, 5.41) is 5.91. The Labute approximate surface area is 158 Å². The van der Waals surface area contributed by atoms with Crippen molar-refractivity contribution in [2.45, 2.75) is 53.4 Å². The van der Waals surface area contributed by atoms with Crippen molar-refractivity contribution in [2.75, 3.05) is 32.5 Å². The number of nitrogens with zero attached hydrogens (tertiary/aromatic N) is 1. The zero-order valence-corrected chi connectivity index (χ0v) is 17.6. The van der Waals surface area contributed by atoms with Crippen LogP contribution in [-0.2, 0) is 9.59 Å². The number of anilines is 1. The average Bonchev–Trinajstić information content (AvgIpc) is 2.53. The van der Waals surface area contributed by atoms with Crippen molar-refractivity contribution in [1.29, 1.82) is 0 Å². The highest BCUT2D eigenvalue weighted by atomic mass is 16.2. The predicted molar refractivity (Wildman–Crippen MR) is 109 cm³/mol. The smallest absolute Gasteiger partial charge is 0.239 e. The Balaban J connectivity index is 3.03. The fraction of sp³-hybridized carbons (Fsp3) is 0.619. The van der Waals surface area contributed by atoms with Gasteiger partial charge in [0.25, 0.3) is 0 Å². The highest BCUT2D eigenvalue weighted by Crippen LogP contribution is 2.33. The fourth-order valence-corrected chi connectivity index (χ4v) is 2.68. The number of likely N-dealkylation sites (N-methyl/N-ethyl adjacent to an activating group) is 1. The molecule has 0 unspecified atom stereocenters. The molecule has 5 heteroatoms. The van der Waals surface area contributed by atoms with E-state index >= 15 is 0 Å². The molecule has 0 aliphatic carbocycles. The van der Waals surface area contributed by atoms with E-state index in [0.29, 0.717) is 6.54 Å². The lowest BCUT2D eigenvalue weighted by atomic mass is 9.88. The minimum Gasteiger partial charge on any atom is -0.354 e. The Kier molecular flexibility index (Phi) is 7.82. The lowest BCUT2D eigenvalue weighted by molar-refractivity contribution is -0.138. The summed E-state index contributed by atoms with van der Waals surface area (Å²) >= 11 is 0. The van der Waals surface area contributed by atoms with E-state index in [1.54, 1.807) is 13.8 Å². The summed E-state index contributed by atoms with van der Waals surface area (Å²) < 4.78 is 0. The second-order valence-corrected chi connectivity index (χ2v) is 8.26. The van der Waals surface area contributed by atoms with E-state index < -0.39 is 5.41 Å². The van der Waals surface area contributed by atoms with E-state index in [0.717, 1.165) is 23.4 Å². The van der Waals surface area contributed by atoms with Crippen LogP contribution in [0.4, 0.5) is 5.69 Å². The van der Waals surface area contributed by atoms with Gasteiger partial charge in [0.2, 0.25) is 11.8 Å². The molecule has 0 spiro atoms. The molecule has 1 aromatic carbocycles. The highest BCUT2D eigenvalue weighted by Gasteiger charge is 2.36. The van der Waals surface area contributed by atoms with Crippen molar-refractivity contribution in [3.8, 4) is 0 Å². The van der Waals surface area contributed by atoms with Crippen LogP contribution in [0.3, 0.4) is 0 Å². The van der Waals surface area contributed by atoms with Gasteiger partial charge in [0.15, 0.2) is 0 Å². The second kappa shape index (κ2) is 9.17. The van der Waals surface area contributed by atoms with Crippen LogP contribution in [0.25, 0.3) is 0 Å². The van der Waals surface area contributed by atoms with Gasteiger partial charge in [-0.15, -0.1) is 0 Å². The Bertz CT molecular complexity index is 608. The summed E-state index contributed by atoms with van der Waals surface area (Å²) in [5.74, 6) is 0.0156. The second-order valence-electron chi connectivity index (χ2n) is 8.26. The molecule has 1 rings (SSSR count). The summed E-state index contributed by atoms with van der Waals surface area (Å²) in [6.45, 7) is 13.0. The van der Waals surface area contributed by atoms with E-state index in [-0.39, 0.29) is 23.7 Å². The number of para-hydroxylation sites is 1. The number of hydrogen-bond acceptors (Lipinski definition) is 3. The maximum Gasteiger partial charge on any atom is 0.239 e. The van der Waals surface area contributed by atoms with Crippen molar-refractivity contribution in [1.82, 2.24) is 10.2 Å². The first kappa shape index (κ1) is 22.2. The highest BCUT2D eigenvalue weighted by molar-refractivity contribution is 6.10. The van der Waals surface area contributed by atoms with Gasteiger partial charge in [-0.1, -0.05) is 45.9 Å². The number of hydrogen-bond donors (Lipinski definition) is 2. The minimum atomic E-state index is -1.15. The Morgan fingerprint density at radius 1 is 1.00 bits per heavy atom. The molecule has 5 nitrogen and oxygen atoms in total. The van der Waals surface area contributed by atoms with Crippen LogP contribution in [0, 0.1) is 5.41 Å². The van der Waals surface area contributed by atoms with Gasteiger partial charge in [-0.2, -0.15) is 0 Å². The van der Waals surface area contributed by atoms with E-state index in [4.69, 9.17) is 0 Å². The number of carbonyl (C=O) groups is 2. The van der Waals surface area contributed by atoms with Crippen molar-refractivity contribution in [2.24, 2.45) is 5.41 Å². The Morgan fingerprint density at radius 2 is 1.50 bits per heavy atom. The molecule has 0 saturated heterocycles. The third-order valence-corrected chi connectivity index (χ3v) is 4.59. The summed E-state index contributed by atoms with van der Waals surface area (Å²) in [7, 11) is 3.89. The van der Waals surface area contributed by atoms with Gasteiger partial charge in [0.1, 0.15) is 5.41 Å². The van der Waals surface area contributed by atoms with Crippen LogP contribution in [0.5, 0.6) is 0 Å². The molecule has 0 aromatic heterocycles. The van der Waals surface area contributed by atoms with Crippen LogP contribution in [0.1, 0.15) is 64.5 Å². The van der Waals surface area contributed by atoms with Gasteiger partial charge in [-0.3, -0.25) is 9.59 Å². The van der Waals surface area contributed by atoms with E-state index in [2.05, 4.69) is 38.3 Å². The molecule has 0 fully saturated rings. The van der Waals surface area contributed by atoms with Crippen LogP contribution in [0.15, 0.2) is 18.2 Å². The van der Waals surface area contributed by atoms with Crippen molar-refractivity contribution < 1.29 is 9.59 Å². The SMILES string of the molecule is CC(C)c1cccc(C(C)C)c1NC(=O)C(C)(C)C(=O)NCCN(C)C. The molecule has 146 valence electrons. The van der Waals surface area contributed by atoms with E-state index in [1.807, 2.05) is 37.2 Å². The third kappa shape index (κ3) is 5.56. The standard InChI is InChI=1S/C21H35N3O2/c1-14(2)16-10-9-11-17(15(3)4)18(16)23-20(26)21(5,6)19(25)22-12-13-24(7)8/h9-11,14-15H,12-13H2,1-8H3,(H,22,25)(H,23,26). The third-order valence-electron chi connectivity index (χ3n) is 4.59. The van der Waals surface area contributed by atoms with Crippen LogP contribution < -0.4 is 10.6 Å². The number of benzene rings is 1. The average molecular weight is 362 g/mol. The van der Waals surface area contributed by atoms with Crippen molar-refractivity contribution >= 4 is 17.5 Å². The summed E-state index contributed by atoms with van der Waals surface area (Å²) in [4.78, 5) is 27.5. The first-order valence-electron chi connectivity index (χ1n) is 9.35. The van der Waals surface area contributed by atoms with E-state index in [9.17, 15) is 9.59 Å². The Hall–Kier alpha value is -1.88. The molecule has 26 heavy (non-hydrogen) atoms. The maximum absolute atomic E-state index is 12.9. The number of amides is 2. The summed E-state index contributed by atoms with van der Waals surface area (Å²) in [5.41, 5.74) is 1.88. The topological polar surface area (TPSA) is 61.4 Å². The van der Waals surface area contributed by atoms with Gasteiger partial charge in [0, 0.05) is 18.8 Å². The molecule has 2 amide bonds. The number of nitrogens with one attached hydrogen (secondary N) is 2. The van der Waals surface area contributed by atoms with Gasteiger partial charge in [-0.05, 0) is 50.9 Å². The Morgan fingerprint density at radius 3 is 1.92 bits per heavy atom. The quantitative estimate of drug-likeness (QED) is 0.696. The molecule has 0 aliphatic rings. The first-order valence-corrected chi connectivity index (χ1v) is 9.35. The minimum absolute atomic E-state index is 0.259. The molecular weight excluding hydrogens is 326 g/mol. The molecule has 0 aliphatic heterocycles. The van der Waals surface area contributed by atoms with Crippen molar-refractivity contribution in [3.63, 3.8) is 0 Å². The summed E-state index contributed by atoms with van der Waals surface area (Å²) in [6, 6.07) is 6.10. The lowest BCUT2D eigenvalue weighted by Crippen LogP contribution is -2.46. The molecule has 0 heterocycles. The maximum atomic E-state index is 12.9. The normalized spacial score (nSPS) is 12.0. The fourth-order valence-electron chi connectivity index (χ4n) is 2.68. The first-order chi connectivity index (χ1) is 12.0. The van der Waals surface area contributed by atoms with Crippen molar-refractivity contribution in [3.05, 3.63) is 29.3 Å². The summed E-state index contributed by atoms with van der Waals surface area (Å²) in [6.07, 6.45) is 0. The van der Waals surface area contributed by atoms with Gasteiger partial charge < -0.3 is 15.5 Å². The van der Waals surface area contributed by atoms with Gasteiger partial charge >= 0.3 is 0 Å². The molecule has 1 aromatic rings. The molecule has 0 bridgehead atoms. The zero-order valence-electron chi connectivity index (χ0n) is 17.6. The number of rotatable bonds is 8.